The first-order valence-corrected chi connectivity index (χ1v) is 7.34. The van der Waals surface area contributed by atoms with Gasteiger partial charge in [0.2, 0.25) is 0 Å². The van der Waals surface area contributed by atoms with Crippen molar-refractivity contribution in [3.8, 4) is 0 Å². The number of hydrogen-bond acceptors (Lipinski definition) is 5. The summed E-state index contributed by atoms with van der Waals surface area (Å²) >= 11 is 3.30. The molecule has 2 aromatic rings. The van der Waals surface area contributed by atoms with Crippen LogP contribution in [0.1, 0.15) is 20.2 Å². The number of aryl methyl sites for hydroxylation is 1. The Balaban J connectivity index is 1.74. The first-order valence-electron chi connectivity index (χ1n) is 5.75. The molecule has 0 bridgehead atoms. The zero-order valence-electron chi connectivity index (χ0n) is 10.00. The van der Waals surface area contributed by atoms with E-state index in [1.807, 2.05) is 16.9 Å². The molecule has 18 heavy (non-hydrogen) atoms. The third-order valence-electron chi connectivity index (χ3n) is 2.94. The van der Waals surface area contributed by atoms with Gasteiger partial charge in [-0.15, -0.1) is 11.3 Å². The van der Waals surface area contributed by atoms with Crippen LogP contribution in [-0.4, -0.2) is 26.9 Å². The molecule has 0 saturated heterocycles. The number of rotatable bonds is 3. The largest absolute Gasteiger partial charge is 0.297 e. The van der Waals surface area contributed by atoms with Crippen molar-refractivity contribution in [2.75, 3.05) is 6.54 Å². The standard InChI is InChI=1S/C12H13N3OS2/c1-9-12(6-11(8-16)17-9)18-14-4-5-15-10(7-14)2-3-13-15/h2-3,6,8H,4-5,7H2,1H3. The summed E-state index contributed by atoms with van der Waals surface area (Å²) in [6.45, 7) is 4.87. The van der Waals surface area contributed by atoms with Gasteiger partial charge in [0, 0.05) is 22.5 Å². The Labute approximate surface area is 114 Å². The Kier molecular flexibility index (Phi) is 3.23. The molecule has 0 radical (unpaired) electrons. The molecular formula is C12H13N3OS2. The minimum atomic E-state index is 0.803. The zero-order chi connectivity index (χ0) is 12.5. The Morgan fingerprint density at radius 2 is 2.39 bits per heavy atom. The van der Waals surface area contributed by atoms with Crippen LogP contribution in [-0.2, 0) is 13.1 Å². The van der Waals surface area contributed by atoms with Gasteiger partial charge in [0.25, 0.3) is 0 Å². The van der Waals surface area contributed by atoms with Gasteiger partial charge < -0.3 is 0 Å². The van der Waals surface area contributed by atoms with Gasteiger partial charge in [-0.05, 0) is 31.0 Å². The maximum Gasteiger partial charge on any atom is 0.160 e. The topological polar surface area (TPSA) is 38.1 Å². The van der Waals surface area contributed by atoms with Gasteiger partial charge in [-0.3, -0.25) is 9.48 Å². The van der Waals surface area contributed by atoms with Crippen molar-refractivity contribution in [1.29, 1.82) is 0 Å². The van der Waals surface area contributed by atoms with Crippen LogP contribution in [0.3, 0.4) is 0 Å². The van der Waals surface area contributed by atoms with Crippen molar-refractivity contribution < 1.29 is 4.79 Å². The maximum atomic E-state index is 10.8. The van der Waals surface area contributed by atoms with E-state index in [2.05, 4.69) is 22.4 Å². The monoisotopic (exact) mass is 279 g/mol. The van der Waals surface area contributed by atoms with Crippen molar-refractivity contribution in [3.63, 3.8) is 0 Å². The molecule has 94 valence electrons. The molecule has 0 aromatic carbocycles. The van der Waals surface area contributed by atoms with E-state index in [9.17, 15) is 4.79 Å². The van der Waals surface area contributed by atoms with Crippen LogP contribution in [0.5, 0.6) is 0 Å². The summed E-state index contributed by atoms with van der Waals surface area (Å²) in [4.78, 5) is 14.0. The summed E-state index contributed by atoms with van der Waals surface area (Å²) in [5, 5.41) is 4.27. The molecule has 0 unspecified atom stereocenters. The fourth-order valence-corrected chi connectivity index (χ4v) is 4.02. The fourth-order valence-electron chi connectivity index (χ4n) is 2.01. The smallest absolute Gasteiger partial charge is 0.160 e. The van der Waals surface area contributed by atoms with E-state index in [1.165, 1.54) is 15.5 Å². The lowest BCUT2D eigenvalue weighted by atomic mass is 10.3. The summed E-state index contributed by atoms with van der Waals surface area (Å²) in [6, 6.07) is 4.04. The number of thiophene rings is 1. The van der Waals surface area contributed by atoms with E-state index in [4.69, 9.17) is 0 Å². The average Bonchev–Trinajstić information content (AvgIpc) is 2.96. The van der Waals surface area contributed by atoms with Crippen molar-refractivity contribution in [2.24, 2.45) is 0 Å². The van der Waals surface area contributed by atoms with Crippen LogP contribution >= 0.6 is 23.3 Å². The van der Waals surface area contributed by atoms with Gasteiger partial charge in [0.05, 0.1) is 23.7 Å². The molecule has 0 atom stereocenters. The van der Waals surface area contributed by atoms with Crippen LogP contribution in [0.4, 0.5) is 0 Å². The first-order chi connectivity index (χ1) is 8.76. The van der Waals surface area contributed by atoms with Gasteiger partial charge in [-0.2, -0.15) is 5.10 Å². The van der Waals surface area contributed by atoms with E-state index in [0.29, 0.717) is 0 Å². The van der Waals surface area contributed by atoms with Gasteiger partial charge >= 0.3 is 0 Å². The highest BCUT2D eigenvalue weighted by atomic mass is 32.2. The second-order valence-corrected chi connectivity index (χ2v) is 6.61. The number of aromatic nitrogens is 2. The van der Waals surface area contributed by atoms with Gasteiger partial charge in [-0.25, -0.2) is 4.31 Å². The van der Waals surface area contributed by atoms with Crippen LogP contribution in [0.2, 0.25) is 0 Å². The lowest BCUT2D eigenvalue weighted by Crippen LogP contribution is -2.28. The third-order valence-corrected chi connectivity index (χ3v) is 5.23. The maximum absolute atomic E-state index is 10.8. The van der Waals surface area contributed by atoms with Gasteiger partial charge in [-0.1, -0.05) is 0 Å². The van der Waals surface area contributed by atoms with E-state index in [-0.39, 0.29) is 0 Å². The molecule has 6 heteroatoms. The quantitative estimate of drug-likeness (QED) is 0.639. The summed E-state index contributed by atoms with van der Waals surface area (Å²) in [7, 11) is 0. The van der Waals surface area contributed by atoms with E-state index in [1.54, 1.807) is 23.3 Å². The predicted molar refractivity (Wildman–Crippen MR) is 72.9 cm³/mol. The highest BCUT2D eigenvalue weighted by Gasteiger charge is 2.18. The molecule has 4 nitrogen and oxygen atoms in total. The van der Waals surface area contributed by atoms with Crippen molar-refractivity contribution >= 4 is 29.6 Å². The van der Waals surface area contributed by atoms with E-state index < -0.39 is 0 Å². The van der Waals surface area contributed by atoms with Crippen LogP contribution in [0.25, 0.3) is 0 Å². The molecule has 0 spiro atoms. The Hall–Kier alpha value is -1.11. The van der Waals surface area contributed by atoms with Gasteiger partial charge in [0.15, 0.2) is 6.29 Å². The molecular weight excluding hydrogens is 266 g/mol. The third kappa shape index (κ3) is 2.23. The fraction of sp³-hybridized carbons (Fsp3) is 0.333. The molecule has 1 aliphatic heterocycles. The summed E-state index contributed by atoms with van der Waals surface area (Å²) in [6.07, 6.45) is 2.77. The molecule has 2 aromatic heterocycles. The van der Waals surface area contributed by atoms with Gasteiger partial charge in [0.1, 0.15) is 0 Å². The van der Waals surface area contributed by atoms with E-state index in [0.717, 1.165) is 30.8 Å². The first kappa shape index (κ1) is 12.0. The Morgan fingerprint density at radius 3 is 3.17 bits per heavy atom. The highest BCUT2D eigenvalue weighted by Crippen LogP contribution is 2.33. The summed E-state index contributed by atoms with van der Waals surface area (Å²) < 4.78 is 4.37. The second kappa shape index (κ2) is 4.87. The minimum Gasteiger partial charge on any atom is -0.297 e. The molecule has 0 N–H and O–H groups in total. The van der Waals surface area contributed by atoms with Crippen molar-refractivity contribution in [3.05, 3.63) is 33.8 Å². The van der Waals surface area contributed by atoms with Crippen molar-refractivity contribution in [1.82, 2.24) is 14.1 Å². The highest BCUT2D eigenvalue weighted by molar-refractivity contribution is 7.97. The zero-order valence-corrected chi connectivity index (χ0v) is 11.6. The van der Waals surface area contributed by atoms with Crippen LogP contribution < -0.4 is 0 Å². The molecule has 0 aliphatic carbocycles. The second-order valence-electron chi connectivity index (χ2n) is 4.19. The number of carbonyl (C=O) groups excluding carboxylic acids is 1. The molecule has 3 rings (SSSR count). The SMILES string of the molecule is Cc1sc(C=O)cc1SN1CCn2nccc2C1. The minimum absolute atomic E-state index is 0.803. The number of aldehydes is 1. The molecule has 1 aliphatic rings. The summed E-state index contributed by atoms with van der Waals surface area (Å²) in [5.74, 6) is 0. The summed E-state index contributed by atoms with van der Waals surface area (Å²) in [5.41, 5.74) is 1.25. The number of hydrogen-bond donors (Lipinski definition) is 0. The Bertz CT molecular complexity index is 576. The molecule has 0 amide bonds. The number of fused-ring (bicyclic) bond motifs is 1. The van der Waals surface area contributed by atoms with Crippen molar-refractivity contribution in [2.45, 2.75) is 24.9 Å². The average molecular weight is 279 g/mol. The normalized spacial score (nSPS) is 15.6. The van der Waals surface area contributed by atoms with Crippen LogP contribution in [0.15, 0.2) is 23.2 Å². The van der Waals surface area contributed by atoms with Crippen LogP contribution in [0, 0.1) is 6.92 Å². The number of nitrogens with zero attached hydrogens (tertiary/aromatic N) is 3. The molecule has 3 heterocycles. The van der Waals surface area contributed by atoms with E-state index >= 15 is 0 Å². The predicted octanol–water partition coefficient (Wildman–Crippen LogP) is 2.59. The molecule has 0 saturated carbocycles. The molecule has 0 fully saturated rings. The number of carbonyl (C=O) groups is 1. The lowest BCUT2D eigenvalue weighted by Gasteiger charge is -2.26. The lowest BCUT2D eigenvalue weighted by molar-refractivity contribution is 0.112. The Morgan fingerprint density at radius 1 is 1.50 bits per heavy atom.